The zero-order valence-corrected chi connectivity index (χ0v) is 17.9. The number of hydrogen-bond donors (Lipinski definition) is 1. The van der Waals surface area contributed by atoms with E-state index in [0.29, 0.717) is 31.4 Å². The Labute approximate surface area is 187 Å². The van der Waals surface area contributed by atoms with E-state index < -0.39 is 6.04 Å². The first kappa shape index (κ1) is 20.3. The molecule has 0 radical (unpaired) electrons. The molecule has 5 heteroatoms. The smallest absolute Gasteiger partial charge is 0.258 e. The molecule has 1 atom stereocenters. The van der Waals surface area contributed by atoms with E-state index in [1.165, 1.54) is 11.1 Å². The zero-order valence-electron chi connectivity index (χ0n) is 17.9. The van der Waals surface area contributed by atoms with Crippen LogP contribution in [0.2, 0.25) is 0 Å². The van der Waals surface area contributed by atoms with Crippen molar-refractivity contribution in [1.29, 1.82) is 0 Å². The Hall–Kier alpha value is -3.60. The lowest BCUT2D eigenvalue weighted by Crippen LogP contribution is -2.48. The van der Waals surface area contributed by atoms with Crippen molar-refractivity contribution < 1.29 is 14.7 Å². The van der Waals surface area contributed by atoms with Gasteiger partial charge in [0, 0.05) is 25.0 Å². The van der Waals surface area contributed by atoms with E-state index in [0.717, 1.165) is 18.2 Å². The molecular formula is C27H26N2O3. The monoisotopic (exact) mass is 426 g/mol. The minimum Gasteiger partial charge on any atom is -0.506 e. The van der Waals surface area contributed by atoms with Gasteiger partial charge in [0.2, 0.25) is 5.91 Å². The quantitative estimate of drug-likeness (QED) is 0.672. The molecule has 1 N–H and O–H groups in total. The number of rotatable bonds is 3. The van der Waals surface area contributed by atoms with Gasteiger partial charge in [0.25, 0.3) is 5.91 Å². The van der Waals surface area contributed by atoms with Crippen molar-refractivity contribution in [3.05, 3.63) is 83.9 Å². The minimum atomic E-state index is -0.472. The maximum Gasteiger partial charge on any atom is 0.258 e. The highest BCUT2D eigenvalue weighted by Gasteiger charge is 2.38. The molecular weight excluding hydrogens is 400 g/mol. The van der Waals surface area contributed by atoms with E-state index in [9.17, 15) is 14.7 Å². The third kappa shape index (κ3) is 3.64. The number of benzene rings is 3. The lowest BCUT2D eigenvalue weighted by atomic mass is 9.99. The molecule has 0 saturated carbocycles. The summed E-state index contributed by atoms with van der Waals surface area (Å²) in [6.45, 7) is 1.74. The number of phenolic OH excluding ortho intramolecular Hbond substituents is 1. The summed E-state index contributed by atoms with van der Waals surface area (Å²) in [6, 6.07) is 20.7. The highest BCUT2D eigenvalue weighted by Crippen LogP contribution is 2.32. The molecule has 3 aromatic carbocycles. The standard InChI is InChI=1S/C27H26N2O3/c30-25-22-10-5-4-9-21(22)12-13-23(25)26(31)29-16-6-11-24(29)27(32)28-17-14-20(15-18-28)19-7-2-1-3-8-19/h1-5,7-10,12-14,24,30H,6,11,15-18H2. The summed E-state index contributed by atoms with van der Waals surface area (Å²) >= 11 is 0. The third-order valence-corrected chi connectivity index (χ3v) is 6.60. The van der Waals surface area contributed by atoms with Crippen molar-refractivity contribution in [2.75, 3.05) is 19.6 Å². The van der Waals surface area contributed by atoms with E-state index in [-0.39, 0.29) is 23.1 Å². The zero-order chi connectivity index (χ0) is 22.1. The van der Waals surface area contributed by atoms with Crippen molar-refractivity contribution in [2.45, 2.75) is 25.3 Å². The van der Waals surface area contributed by atoms with Gasteiger partial charge < -0.3 is 14.9 Å². The fourth-order valence-electron chi connectivity index (χ4n) is 4.84. The molecule has 0 aromatic heterocycles. The lowest BCUT2D eigenvalue weighted by molar-refractivity contribution is -0.134. The molecule has 2 aliphatic heterocycles. The van der Waals surface area contributed by atoms with Crippen LogP contribution in [-0.2, 0) is 4.79 Å². The summed E-state index contributed by atoms with van der Waals surface area (Å²) in [7, 11) is 0. The molecule has 0 bridgehead atoms. The van der Waals surface area contributed by atoms with Crippen LogP contribution in [0.5, 0.6) is 5.75 Å². The first-order valence-electron chi connectivity index (χ1n) is 11.2. The Bertz CT molecular complexity index is 1200. The number of carbonyl (C=O) groups excluding carboxylic acids is 2. The Balaban J connectivity index is 1.34. The maximum atomic E-state index is 13.3. The van der Waals surface area contributed by atoms with E-state index in [2.05, 4.69) is 18.2 Å². The Morgan fingerprint density at radius 1 is 0.906 bits per heavy atom. The maximum absolute atomic E-state index is 13.3. The molecule has 1 saturated heterocycles. The average Bonchev–Trinajstić information content (AvgIpc) is 3.34. The molecule has 0 spiro atoms. The van der Waals surface area contributed by atoms with Crippen molar-refractivity contribution >= 4 is 28.2 Å². The normalized spacial score (nSPS) is 18.6. The van der Waals surface area contributed by atoms with Crippen LogP contribution in [0.15, 0.2) is 72.8 Å². The molecule has 2 heterocycles. The molecule has 1 fully saturated rings. The molecule has 162 valence electrons. The van der Waals surface area contributed by atoms with Gasteiger partial charge in [0.15, 0.2) is 0 Å². The van der Waals surface area contributed by atoms with E-state index >= 15 is 0 Å². The number of aromatic hydroxyl groups is 1. The summed E-state index contributed by atoms with van der Waals surface area (Å²) in [5.41, 5.74) is 2.72. The SMILES string of the molecule is O=C(C1CCCN1C(=O)c1ccc2ccccc2c1O)N1CC=C(c2ccccc2)CC1. The van der Waals surface area contributed by atoms with Crippen LogP contribution in [0, 0.1) is 0 Å². The Morgan fingerprint density at radius 2 is 1.69 bits per heavy atom. The molecule has 1 unspecified atom stereocenters. The van der Waals surface area contributed by atoms with E-state index in [1.807, 2.05) is 47.4 Å². The van der Waals surface area contributed by atoms with Gasteiger partial charge in [-0.2, -0.15) is 0 Å². The number of amides is 2. The fourth-order valence-corrected chi connectivity index (χ4v) is 4.84. The predicted molar refractivity (Wildman–Crippen MR) is 125 cm³/mol. The van der Waals surface area contributed by atoms with Gasteiger partial charge in [-0.3, -0.25) is 9.59 Å². The van der Waals surface area contributed by atoms with Crippen LogP contribution in [0.1, 0.15) is 35.2 Å². The first-order valence-corrected chi connectivity index (χ1v) is 11.2. The van der Waals surface area contributed by atoms with Crippen LogP contribution in [-0.4, -0.2) is 52.4 Å². The molecule has 5 rings (SSSR count). The van der Waals surface area contributed by atoms with Crippen molar-refractivity contribution in [3.63, 3.8) is 0 Å². The van der Waals surface area contributed by atoms with Gasteiger partial charge in [-0.25, -0.2) is 0 Å². The predicted octanol–water partition coefficient (Wildman–Crippen LogP) is 4.47. The molecule has 3 aromatic rings. The third-order valence-electron chi connectivity index (χ3n) is 6.60. The van der Waals surface area contributed by atoms with Gasteiger partial charge in [-0.1, -0.05) is 66.7 Å². The van der Waals surface area contributed by atoms with Gasteiger partial charge in [-0.15, -0.1) is 0 Å². The van der Waals surface area contributed by atoms with Crippen LogP contribution < -0.4 is 0 Å². The summed E-state index contributed by atoms with van der Waals surface area (Å²) in [6.07, 6.45) is 4.37. The number of nitrogens with zero attached hydrogens (tertiary/aromatic N) is 2. The molecule has 5 nitrogen and oxygen atoms in total. The second-order valence-electron chi connectivity index (χ2n) is 8.47. The first-order chi connectivity index (χ1) is 15.6. The van der Waals surface area contributed by atoms with Gasteiger partial charge in [0.05, 0.1) is 5.56 Å². The van der Waals surface area contributed by atoms with Crippen molar-refractivity contribution in [1.82, 2.24) is 9.80 Å². The fraction of sp³-hybridized carbons (Fsp3) is 0.259. The average molecular weight is 427 g/mol. The van der Waals surface area contributed by atoms with E-state index in [1.54, 1.807) is 17.0 Å². The molecule has 2 amide bonds. The van der Waals surface area contributed by atoms with Crippen LogP contribution >= 0.6 is 0 Å². The van der Waals surface area contributed by atoms with Crippen molar-refractivity contribution in [2.24, 2.45) is 0 Å². The van der Waals surface area contributed by atoms with E-state index in [4.69, 9.17) is 0 Å². The van der Waals surface area contributed by atoms with Crippen LogP contribution in [0.25, 0.3) is 16.3 Å². The highest BCUT2D eigenvalue weighted by molar-refractivity contribution is 6.05. The highest BCUT2D eigenvalue weighted by atomic mass is 16.3. The lowest BCUT2D eigenvalue weighted by Gasteiger charge is -2.32. The Kier molecular flexibility index (Phi) is 5.39. The molecule has 32 heavy (non-hydrogen) atoms. The second-order valence-corrected chi connectivity index (χ2v) is 8.47. The topological polar surface area (TPSA) is 60.9 Å². The Morgan fingerprint density at radius 3 is 2.47 bits per heavy atom. The van der Waals surface area contributed by atoms with Gasteiger partial charge in [0.1, 0.15) is 11.8 Å². The summed E-state index contributed by atoms with van der Waals surface area (Å²) < 4.78 is 0. The van der Waals surface area contributed by atoms with Crippen molar-refractivity contribution in [3.8, 4) is 5.75 Å². The second kappa shape index (κ2) is 8.50. The van der Waals surface area contributed by atoms with Gasteiger partial charge >= 0.3 is 0 Å². The largest absolute Gasteiger partial charge is 0.506 e. The number of hydrogen-bond acceptors (Lipinski definition) is 3. The summed E-state index contributed by atoms with van der Waals surface area (Å²) in [4.78, 5) is 30.1. The molecule has 0 aliphatic carbocycles. The number of likely N-dealkylation sites (tertiary alicyclic amines) is 1. The van der Waals surface area contributed by atoms with Crippen LogP contribution in [0.4, 0.5) is 0 Å². The minimum absolute atomic E-state index is 0.000472. The van der Waals surface area contributed by atoms with Gasteiger partial charge in [-0.05, 0) is 41.9 Å². The molecule has 2 aliphatic rings. The number of fused-ring (bicyclic) bond motifs is 1. The number of carbonyl (C=O) groups is 2. The summed E-state index contributed by atoms with van der Waals surface area (Å²) in [5.74, 6) is -0.291. The summed E-state index contributed by atoms with van der Waals surface area (Å²) in [5, 5.41) is 12.3. The number of phenols is 1. The van der Waals surface area contributed by atoms with Crippen LogP contribution in [0.3, 0.4) is 0 Å².